The van der Waals surface area contributed by atoms with Crippen molar-refractivity contribution in [2.24, 2.45) is 0 Å². The first-order valence-corrected chi connectivity index (χ1v) is 21.5. The Balaban J connectivity index is 0.951. The van der Waals surface area contributed by atoms with Gasteiger partial charge in [-0.3, -0.25) is 23.7 Å². The van der Waals surface area contributed by atoms with Crippen LogP contribution in [0.2, 0.25) is 0 Å². The zero-order valence-corrected chi connectivity index (χ0v) is 31.9. The Morgan fingerprint density at radius 3 is 1.98 bits per heavy atom. The maximum Gasteiger partial charge on any atom is 0.292 e. The minimum Gasteiger partial charge on any atom is -0.369 e. The zero-order chi connectivity index (χ0) is 37.7. The van der Waals surface area contributed by atoms with Crippen LogP contribution < -0.4 is 27.3 Å². The number of aromatic amines is 2. The fraction of sp³-hybridized carbons (Fsp3) is 0.677. The average Bonchev–Trinajstić information content (AvgIpc) is 3.67. The molecule has 19 nitrogen and oxygen atoms in total. The number of fused-ring (bicyclic) bond motifs is 2. The molecule has 0 aliphatic heterocycles. The van der Waals surface area contributed by atoms with Crippen LogP contribution in [0, 0.1) is 6.92 Å². The average molecular weight is 770 g/mol. The van der Waals surface area contributed by atoms with Crippen molar-refractivity contribution in [1.29, 1.82) is 0 Å². The van der Waals surface area contributed by atoms with E-state index >= 15 is 0 Å². The second-order valence-electron chi connectivity index (χ2n) is 13.2. The predicted octanol–water partition coefficient (Wildman–Crippen LogP) is 2.62. The van der Waals surface area contributed by atoms with E-state index in [2.05, 4.69) is 40.3 Å². The lowest BCUT2D eigenvalue weighted by Crippen LogP contribution is -2.24. The lowest BCUT2D eigenvalue weighted by molar-refractivity contribution is 0.0816. The Kier molecular flexibility index (Phi) is 15.7. The van der Waals surface area contributed by atoms with Gasteiger partial charge in [-0.25, -0.2) is 20.0 Å². The molecule has 8 N–H and O–H groups in total. The van der Waals surface area contributed by atoms with Gasteiger partial charge in [0.1, 0.15) is 18.5 Å². The summed E-state index contributed by atoms with van der Waals surface area (Å²) in [6.45, 7) is 7.85. The number of nitrogens with one attached hydrogen (secondary N) is 4. The number of hydrogen-bond acceptors (Lipinski definition) is 12. The molecule has 0 radical (unpaired) electrons. The molecule has 290 valence electrons. The van der Waals surface area contributed by atoms with Crippen LogP contribution >= 0.6 is 14.9 Å². The van der Waals surface area contributed by atoms with Gasteiger partial charge in [-0.05, 0) is 53.1 Å². The highest BCUT2D eigenvalue weighted by Gasteiger charge is 2.22. The number of H-pyrrole nitrogens is 2. The van der Waals surface area contributed by atoms with Gasteiger partial charge < -0.3 is 44.4 Å². The monoisotopic (exact) mass is 769 g/mol. The smallest absolute Gasteiger partial charge is 0.292 e. The molecule has 52 heavy (non-hydrogen) atoms. The van der Waals surface area contributed by atoms with Crippen molar-refractivity contribution < 1.29 is 28.4 Å². The Labute approximate surface area is 301 Å². The van der Waals surface area contributed by atoms with Gasteiger partial charge in [0.15, 0.2) is 22.3 Å². The molecule has 0 bridgehead atoms. The van der Waals surface area contributed by atoms with Crippen molar-refractivity contribution in [2.75, 3.05) is 44.2 Å². The van der Waals surface area contributed by atoms with Crippen LogP contribution in [-0.2, 0) is 31.7 Å². The third kappa shape index (κ3) is 13.3. The summed E-state index contributed by atoms with van der Waals surface area (Å²) in [6, 6.07) is 0. The molecule has 0 amide bonds. The number of aryl methyl sites for hydroxylation is 1. The third-order valence-electron chi connectivity index (χ3n) is 8.34. The summed E-state index contributed by atoms with van der Waals surface area (Å²) in [5.41, 5.74) is 6.08. The van der Waals surface area contributed by atoms with E-state index in [1.165, 1.54) is 12.7 Å². The van der Waals surface area contributed by atoms with Gasteiger partial charge in [-0.2, -0.15) is 4.98 Å². The molecule has 0 aliphatic rings. The van der Waals surface area contributed by atoms with Crippen molar-refractivity contribution in [3.8, 4) is 0 Å². The Morgan fingerprint density at radius 1 is 0.788 bits per heavy atom. The quantitative estimate of drug-likeness (QED) is 0.0377. The van der Waals surface area contributed by atoms with Gasteiger partial charge in [-0.1, -0.05) is 32.1 Å². The van der Waals surface area contributed by atoms with Gasteiger partial charge in [0, 0.05) is 12.7 Å². The summed E-state index contributed by atoms with van der Waals surface area (Å²) < 4.78 is 39.7. The highest BCUT2D eigenvalue weighted by atomic mass is 31.2. The Bertz CT molecular complexity index is 1810. The van der Waals surface area contributed by atoms with Crippen LogP contribution in [0.25, 0.3) is 22.3 Å². The maximum absolute atomic E-state index is 12.6. The number of aromatic nitrogens is 8. The second-order valence-corrected chi connectivity index (χ2v) is 17.6. The first-order valence-electron chi connectivity index (χ1n) is 17.7. The van der Waals surface area contributed by atoms with Gasteiger partial charge in [-0.15, -0.1) is 0 Å². The number of ether oxygens (including phenoxy) is 2. The minimum atomic E-state index is -3.67. The predicted molar refractivity (Wildman–Crippen MR) is 199 cm³/mol. The van der Waals surface area contributed by atoms with E-state index in [-0.39, 0.29) is 41.4 Å². The number of nitrogens with two attached hydrogens (primary N) is 1. The van der Waals surface area contributed by atoms with Gasteiger partial charge in [0.25, 0.3) is 18.6 Å². The van der Waals surface area contributed by atoms with Gasteiger partial charge >= 0.3 is 0 Å². The van der Waals surface area contributed by atoms with Crippen LogP contribution in [0.5, 0.6) is 0 Å². The topological polar surface area (TPSA) is 270 Å². The molecule has 4 aromatic heterocycles. The number of imidazole rings is 2. The fourth-order valence-electron chi connectivity index (χ4n) is 5.63. The van der Waals surface area contributed by atoms with E-state index in [0.717, 1.165) is 51.6 Å². The number of nitrogens with zero attached hydrogens (tertiary/aromatic N) is 6. The molecule has 0 aromatic carbocycles. The van der Waals surface area contributed by atoms with Crippen molar-refractivity contribution in [3.63, 3.8) is 0 Å². The molecule has 0 saturated heterocycles. The molecular formula is C31H53N11O8P2. The lowest BCUT2D eigenvalue weighted by Gasteiger charge is -2.18. The molecule has 4 atom stereocenters. The Morgan fingerprint density at radius 2 is 1.33 bits per heavy atom. The van der Waals surface area contributed by atoms with Crippen LogP contribution in [-0.4, -0.2) is 99.5 Å². The summed E-state index contributed by atoms with van der Waals surface area (Å²) in [7, 11) is -7.09. The highest BCUT2D eigenvalue weighted by molar-refractivity contribution is 7.57. The van der Waals surface area contributed by atoms with Gasteiger partial charge in [0.05, 0.1) is 38.0 Å². The van der Waals surface area contributed by atoms with Crippen molar-refractivity contribution in [2.45, 2.75) is 97.4 Å². The normalized spacial score (nSPS) is 15.6. The van der Waals surface area contributed by atoms with Crippen molar-refractivity contribution >= 4 is 43.2 Å². The molecule has 4 heterocycles. The minimum absolute atomic E-state index is 0.0108. The lowest BCUT2D eigenvalue weighted by atomic mass is 10.1. The summed E-state index contributed by atoms with van der Waals surface area (Å²) in [5, 5.41) is 6.06. The molecule has 4 unspecified atom stereocenters. The number of nitrogen functional groups attached to an aromatic ring is 1. The van der Waals surface area contributed by atoms with E-state index in [1.807, 2.05) is 0 Å². The van der Waals surface area contributed by atoms with Crippen molar-refractivity contribution in [1.82, 2.24) is 49.4 Å². The van der Waals surface area contributed by atoms with Crippen LogP contribution in [0.4, 0.5) is 5.95 Å². The maximum atomic E-state index is 12.6. The summed E-state index contributed by atoms with van der Waals surface area (Å²) in [6.07, 6.45) is 9.33. The van der Waals surface area contributed by atoms with Gasteiger partial charge in [0.2, 0.25) is 13.3 Å². The highest BCUT2D eigenvalue weighted by Crippen LogP contribution is 2.42. The van der Waals surface area contributed by atoms with E-state index in [1.54, 1.807) is 29.9 Å². The van der Waals surface area contributed by atoms with E-state index in [4.69, 9.17) is 15.2 Å². The first-order chi connectivity index (χ1) is 24.7. The summed E-state index contributed by atoms with van der Waals surface area (Å²) in [5.74, 6) is 0.466. The van der Waals surface area contributed by atoms with E-state index in [0.29, 0.717) is 49.6 Å². The first kappa shape index (κ1) is 41.5. The molecular weight excluding hydrogens is 716 g/mol. The molecule has 4 rings (SSSR count). The van der Waals surface area contributed by atoms with E-state index < -0.39 is 32.7 Å². The zero-order valence-electron chi connectivity index (χ0n) is 30.1. The number of anilines is 1. The van der Waals surface area contributed by atoms with Crippen LogP contribution in [0.3, 0.4) is 0 Å². The molecule has 0 aliphatic carbocycles. The third-order valence-corrected chi connectivity index (χ3v) is 11.1. The molecule has 0 spiro atoms. The molecule has 21 heteroatoms. The van der Waals surface area contributed by atoms with E-state index in [9.17, 15) is 28.5 Å². The van der Waals surface area contributed by atoms with Crippen molar-refractivity contribution in [3.05, 3.63) is 39.2 Å². The number of rotatable bonds is 25. The fourth-order valence-corrected chi connectivity index (χ4v) is 8.02. The molecule has 4 aromatic rings. The largest absolute Gasteiger partial charge is 0.369 e. The summed E-state index contributed by atoms with van der Waals surface area (Å²) in [4.78, 5) is 66.2. The summed E-state index contributed by atoms with van der Waals surface area (Å²) >= 11 is 0. The second kappa shape index (κ2) is 19.7. The molecule has 0 fully saturated rings. The number of unbranched alkanes of at least 4 members (excludes halogenated alkanes) is 6. The van der Waals surface area contributed by atoms with Crippen LogP contribution in [0.15, 0.2) is 22.2 Å². The SMILES string of the molecule is Cc1nc2c(ncn2CC(C)OCP(=O)(O)NCCCNCCCCCCCCCP(=O)(O)COC(C)Cn2cnc3c(=O)[nH]c(N)nc32)c(=O)[nH]1. The Hall–Kier alpha value is -3.28. The standard InChI is InChI=1S/C31H53N11O8P2/c1-22(16-42-19-35-26-28(42)39-31(32)40-30(26)44)49-20-51(45,46)15-10-8-6-4-5-7-9-12-33-13-11-14-36-52(47,48)21-50-23(2)17-41-18-34-25-27(41)37-24(3)38-29(25)43/h18-19,22-23,33H,4-17,20-21H2,1-3H3,(H,45,46)(H2,36,47,48)(H,37,38,43)(H3,32,39,40,44). The molecule has 0 saturated carbocycles. The van der Waals surface area contributed by atoms with Crippen LogP contribution in [0.1, 0.15) is 71.0 Å². The number of hydrogen-bond donors (Lipinski definition) is 7.